The van der Waals surface area contributed by atoms with Gasteiger partial charge >= 0.3 is 0 Å². The molecule has 0 unspecified atom stereocenters. The summed E-state index contributed by atoms with van der Waals surface area (Å²) in [5.74, 6) is 1.49. The van der Waals surface area contributed by atoms with Gasteiger partial charge in [-0.15, -0.1) is 21.5 Å². The highest BCUT2D eigenvalue weighted by molar-refractivity contribution is 7.98. The first-order valence-electron chi connectivity index (χ1n) is 6.86. The summed E-state index contributed by atoms with van der Waals surface area (Å²) in [6.45, 7) is 0. The Balaban J connectivity index is 1.42. The van der Waals surface area contributed by atoms with E-state index >= 15 is 0 Å². The first-order valence-corrected chi connectivity index (χ1v) is 8.73. The number of hydrogen-bond donors (Lipinski definition) is 0. The predicted octanol–water partition coefficient (Wildman–Crippen LogP) is 4.28. The van der Waals surface area contributed by atoms with E-state index in [4.69, 9.17) is 8.94 Å². The maximum absolute atomic E-state index is 12.9. The van der Waals surface area contributed by atoms with Crippen LogP contribution in [0.25, 0.3) is 22.2 Å². The molecule has 3 aromatic heterocycles. The Morgan fingerprint density at radius 1 is 1.12 bits per heavy atom. The van der Waals surface area contributed by atoms with Crippen molar-refractivity contribution >= 4 is 23.1 Å². The van der Waals surface area contributed by atoms with Crippen LogP contribution in [0.2, 0.25) is 0 Å². The molecule has 0 saturated heterocycles. The number of nitrogens with zero attached hydrogens (tertiary/aromatic N) is 4. The van der Waals surface area contributed by atoms with Crippen molar-refractivity contribution in [3.8, 4) is 22.2 Å². The lowest BCUT2D eigenvalue weighted by Crippen LogP contribution is -1.81. The SMILES string of the molecule is Fc1ccc(-c2nnc(SCc3nc(-c4cccs4)no3)o2)cc1. The van der Waals surface area contributed by atoms with E-state index in [0.717, 1.165) is 4.88 Å². The molecule has 4 aromatic rings. The van der Waals surface area contributed by atoms with Crippen LogP contribution in [0.4, 0.5) is 4.39 Å². The van der Waals surface area contributed by atoms with Gasteiger partial charge in [-0.25, -0.2) is 4.39 Å². The summed E-state index contributed by atoms with van der Waals surface area (Å²) in [5, 5.41) is 14.2. The van der Waals surface area contributed by atoms with Crippen molar-refractivity contribution in [2.45, 2.75) is 11.0 Å². The van der Waals surface area contributed by atoms with E-state index in [9.17, 15) is 4.39 Å². The molecule has 9 heteroatoms. The molecule has 0 radical (unpaired) electrons. The number of halogens is 1. The van der Waals surface area contributed by atoms with E-state index in [1.807, 2.05) is 17.5 Å². The minimum absolute atomic E-state index is 0.314. The minimum atomic E-state index is -0.314. The Morgan fingerprint density at radius 2 is 2.00 bits per heavy atom. The van der Waals surface area contributed by atoms with Crippen molar-refractivity contribution in [2.75, 3.05) is 0 Å². The monoisotopic (exact) mass is 360 g/mol. The summed E-state index contributed by atoms with van der Waals surface area (Å²) in [6.07, 6.45) is 0. The fourth-order valence-corrected chi connectivity index (χ4v) is 3.17. The second kappa shape index (κ2) is 6.54. The minimum Gasteiger partial charge on any atom is -0.411 e. The van der Waals surface area contributed by atoms with E-state index in [-0.39, 0.29) is 5.82 Å². The van der Waals surface area contributed by atoms with Gasteiger partial charge in [0, 0.05) is 5.56 Å². The molecular formula is C15H9FN4O2S2. The van der Waals surface area contributed by atoms with Crippen LogP contribution in [0.1, 0.15) is 5.89 Å². The standard InChI is InChI=1S/C15H9FN4O2S2/c16-10-5-3-9(4-6-10)14-18-19-15(21-14)24-8-12-17-13(20-22-12)11-2-1-7-23-11/h1-7H,8H2. The Hall–Kier alpha value is -2.52. The number of rotatable bonds is 5. The summed E-state index contributed by atoms with van der Waals surface area (Å²) in [7, 11) is 0. The molecule has 0 aliphatic heterocycles. The van der Waals surface area contributed by atoms with E-state index in [2.05, 4.69) is 20.3 Å². The van der Waals surface area contributed by atoms with Crippen LogP contribution < -0.4 is 0 Å². The number of benzene rings is 1. The molecule has 0 amide bonds. The molecule has 4 rings (SSSR count). The lowest BCUT2D eigenvalue weighted by atomic mass is 10.2. The molecule has 1 aromatic carbocycles. The van der Waals surface area contributed by atoms with Gasteiger partial charge in [-0.2, -0.15) is 4.98 Å². The number of hydrogen-bond acceptors (Lipinski definition) is 8. The van der Waals surface area contributed by atoms with E-state index in [0.29, 0.717) is 34.1 Å². The van der Waals surface area contributed by atoms with Crippen LogP contribution in [0.5, 0.6) is 0 Å². The summed E-state index contributed by atoms with van der Waals surface area (Å²) < 4.78 is 23.7. The summed E-state index contributed by atoms with van der Waals surface area (Å²) in [6, 6.07) is 9.72. The van der Waals surface area contributed by atoms with Crippen molar-refractivity contribution in [3.63, 3.8) is 0 Å². The summed E-state index contributed by atoms with van der Waals surface area (Å²) in [4.78, 5) is 5.27. The smallest absolute Gasteiger partial charge is 0.277 e. The van der Waals surface area contributed by atoms with E-state index < -0.39 is 0 Å². The second-order valence-electron chi connectivity index (χ2n) is 4.66. The highest BCUT2D eigenvalue weighted by atomic mass is 32.2. The van der Waals surface area contributed by atoms with Gasteiger partial charge in [-0.1, -0.05) is 23.0 Å². The molecule has 0 aliphatic rings. The van der Waals surface area contributed by atoms with Crippen LogP contribution in [0.15, 0.2) is 55.9 Å². The molecule has 120 valence electrons. The quantitative estimate of drug-likeness (QED) is 0.492. The van der Waals surface area contributed by atoms with Gasteiger partial charge < -0.3 is 8.94 Å². The zero-order chi connectivity index (χ0) is 16.4. The van der Waals surface area contributed by atoms with Crippen LogP contribution in [0.3, 0.4) is 0 Å². The van der Waals surface area contributed by atoms with Crippen molar-refractivity contribution < 1.29 is 13.3 Å². The third-order valence-corrected chi connectivity index (χ3v) is 4.70. The van der Waals surface area contributed by atoms with Crippen molar-refractivity contribution in [3.05, 3.63) is 53.5 Å². The third-order valence-electron chi connectivity index (χ3n) is 3.03. The van der Waals surface area contributed by atoms with Crippen molar-refractivity contribution in [2.24, 2.45) is 0 Å². The Morgan fingerprint density at radius 3 is 2.79 bits per heavy atom. The zero-order valence-electron chi connectivity index (χ0n) is 12.0. The molecule has 0 spiro atoms. The van der Waals surface area contributed by atoms with Crippen molar-refractivity contribution in [1.29, 1.82) is 0 Å². The molecule has 0 bridgehead atoms. The van der Waals surface area contributed by atoms with Gasteiger partial charge in [0.1, 0.15) is 5.82 Å². The van der Waals surface area contributed by atoms with Crippen LogP contribution >= 0.6 is 23.1 Å². The molecule has 0 N–H and O–H groups in total. The van der Waals surface area contributed by atoms with Gasteiger partial charge in [0.05, 0.1) is 10.6 Å². The third kappa shape index (κ3) is 3.22. The van der Waals surface area contributed by atoms with Gasteiger partial charge in [0.15, 0.2) is 0 Å². The first-order chi connectivity index (χ1) is 11.8. The van der Waals surface area contributed by atoms with Gasteiger partial charge in [0.2, 0.25) is 17.6 Å². The molecular weight excluding hydrogens is 351 g/mol. The highest BCUT2D eigenvalue weighted by Crippen LogP contribution is 2.27. The first kappa shape index (κ1) is 15.0. The van der Waals surface area contributed by atoms with Gasteiger partial charge in [0.25, 0.3) is 5.22 Å². The second-order valence-corrected chi connectivity index (χ2v) is 6.53. The fraction of sp³-hybridized carbons (Fsp3) is 0.0667. The van der Waals surface area contributed by atoms with E-state index in [1.54, 1.807) is 23.5 Å². The maximum atomic E-state index is 12.9. The molecule has 6 nitrogen and oxygen atoms in total. The average Bonchev–Trinajstić information content (AvgIpc) is 3.34. The van der Waals surface area contributed by atoms with Gasteiger partial charge in [-0.3, -0.25) is 0 Å². The van der Waals surface area contributed by atoms with Crippen LogP contribution in [0, 0.1) is 5.82 Å². The number of aromatic nitrogens is 4. The van der Waals surface area contributed by atoms with Crippen LogP contribution in [-0.4, -0.2) is 20.3 Å². The average molecular weight is 360 g/mol. The normalized spacial score (nSPS) is 11.0. The molecule has 0 atom stereocenters. The molecule has 24 heavy (non-hydrogen) atoms. The largest absolute Gasteiger partial charge is 0.411 e. The molecule has 0 saturated carbocycles. The number of thioether (sulfide) groups is 1. The summed E-state index contributed by atoms with van der Waals surface area (Å²) >= 11 is 2.84. The lowest BCUT2D eigenvalue weighted by molar-refractivity contribution is 0.391. The van der Waals surface area contributed by atoms with E-state index in [1.165, 1.54) is 23.9 Å². The highest BCUT2D eigenvalue weighted by Gasteiger charge is 2.13. The summed E-state index contributed by atoms with van der Waals surface area (Å²) in [5.41, 5.74) is 0.661. The van der Waals surface area contributed by atoms with Crippen LogP contribution in [-0.2, 0) is 5.75 Å². The fourth-order valence-electron chi connectivity index (χ4n) is 1.92. The van der Waals surface area contributed by atoms with Gasteiger partial charge in [-0.05, 0) is 35.7 Å². The Kier molecular flexibility index (Phi) is 4.09. The molecule has 3 heterocycles. The Bertz CT molecular complexity index is 935. The Labute approximate surface area is 143 Å². The topological polar surface area (TPSA) is 77.8 Å². The molecule has 0 fully saturated rings. The predicted molar refractivity (Wildman–Crippen MR) is 86.9 cm³/mol. The molecule has 0 aliphatic carbocycles. The zero-order valence-corrected chi connectivity index (χ0v) is 13.7. The maximum Gasteiger partial charge on any atom is 0.277 e. The van der Waals surface area contributed by atoms with Crippen molar-refractivity contribution in [1.82, 2.24) is 20.3 Å². The lowest BCUT2D eigenvalue weighted by Gasteiger charge is -1.93. The number of thiophene rings is 1.